The molecular weight excluding hydrogens is 619 g/mol. The van der Waals surface area contributed by atoms with Crippen LogP contribution in [0.15, 0.2) is 89.5 Å². The first-order chi connectivity index (χ1) is 22.3. The number of ether oxygens (including phenoxy) is 1. The molecule has 3 aromatic carbocycles. The van der Waals surface area contributed by atoms with Crippen LogP contribution in [-0.2, 0) is 27.2 Å². The molecule has 236 valence electrons. The fourth-order valence-electron chi connectivity index (χ4n) is 5.12. The Balaban J connectivity index is 1.26. The maximum Gasteiger partial charge on any atom is 0.341 e. The van der Waals surface area contributed by atoms with Gasteiger partial charge in [-0.05, 0) is 87.1 Å². The number of aryl methyl sites for hydroxylation is 2. The second-order valence-corrected chi connectivity index (χ2v) is 12.9. The highest BCUT2D eigenvalue weighted by Crippen LogP contribution is 2.38. The lowest BCUT2D eigenvalue weighted by Crippen LogP contribution is -2.30. The van der Waals surface area contributed by atoms with Gasteiger partial charge in [-0.2, -0.15) is 0 Å². The lowest BCUT2D eigenvalue weighted by atomic mass is 9.95. The van der Waals surface area contributed by atoms with Crippen molar-refractivity contribution in [1.29, 1.82) is 0 Å². The first-order valence-corrected chi connectivity index (χ1v) is 16.9. The van der Waals surface area contributed by atoms with Crippen LogP contribution < -0.4 is 16.0 Å². The van der Waals surface area contributed by atoms with Crippen LogP contribution in [0.2, 0.25) is 0 Å². The van der Waals surface area contributed by atoms with Gasteiger partial charge in [-0.25, -0.2) is 4.79 Å². The Morgan fingerprint density at radius 3 is 2.48 bits per heavy atom. The summed E-state index contributed by atoms with van der Waals surface area (Å²) in [4.78, 5) is 54.1. The van der Waals surface area contributed by atoms with Gasteiger partial charge in [0.2, 0.25) is 5.91 Å². The third-order valence-electron chi connectivity index (χ3n) is 7.25. The molecule has 46 heavy (non-hydrogen) atoms. The number of thioether (sulfide) groups is 1. The quantitative estimate of drug-likeness (QED) is 0.0893. The van der Waals surface area contributed by atoms with E-state index in [1.165, 1.54) is 23.1 Å². The lowest BCUT2D eigenvalue weighted by molar-refractivity contribution is -0.114. The summed E-state index contributed by atoms with van der Waals surface area (Å²) in [6.45, 7) is 3.99. The zero-order valence-corrected chi connectivity index (χ0v) is 27.3. The first-order valence-electron chi connectivity index (χ1n) is 15.1. The number of rotatable bonds is 11. The van der Waals surface area contributed by atoms with E-state index in [9.17, 15) is 19.2 Å². The molecule has 0 unspecified atom stereocenters. The number of hydrogen-bond donors (Lipinski definition) is 3. The van der Waals surface area contributed by atoms with Gasteiger partial charge in [0.05, 0.1) is 17.9 Å². The smallest absolute Gasteiger partial charge is 0.341 e. The number of amides is 3. The summed E-state index contributed by atoms with van der Waals surface area (Å²) >= 11 is 2.77. The van der Waals surface area contributed by atoms with E-state index in [1.54, 1.807) is 55.5 Å². The first kappa shape index (κ1) is 32.7. The fourth-order valence-corrected chi connectivity index (χ4v) is 7.16. The normalized spacial score (nSPS) is 12.5. The van der Waals surface area contributed by atoms with E-state index >= 15 is 0 Å². The lowest BCUT2D eigenvalue weighted by Gasteiger charge is -2.13. The SMILES string of the molecule is CCOC(=O)c1c(NC(=O)CSc2cccc(NC(=O)/C(=C\c3cccc(C)c3)NC(=O)c3ccccc3)c2)sc2c1CCCC2. The standard InChI is InChI=1S/C36H35N3O5S2/c1-3-44-36(43)32-28-17-7-8-18-30(28)46-35(32)39-31(40)22-45-27-16-10-15-26(21-27)37-34(42)29(20-24-12-9-11-23(2)19-24)38-33(41)25-13-5-4-6-14-25/h4-6,9-16,19-21H,3,7-8,17-18,22H2,1-2H3,(H,37,42)(H,38,41)(H,39,40)/b29-20+. The monoisotopic (exact) mass is 653 g/mol. The Labute approximate surface area is 276 Å². The summed E-state index contributed by atoms with van der Waals surface area (Å²) in [7, 11) is 0. The van der Waals surface area contributed by atoms with Crippen molar-refractivity contribution in [1.82, 2.24) is 5.32 Å². The van der Waals surface area contributed by atoms with Crippen LogP contribution >= 0.6 is 23.1 Å². The minimum absolute atomic E-state index is 0.0907. The average Bonchev–Trinajstić information content (AvgIpc) is 3.42. The van der Waals surface area contributed by atoms with Crippen LogP contribution in [0.1, 0.15) is 62.0 Å². The number of benzene rings is 3. The van der Waals surface area contributed by atoms with Crippen LogP contribution in [-0.4, -0.2) is 36.1 Å². The summed E-state index contributed by atoms with van der Waals surface area (Å²) in [5, 5.41) is 9.12. The Morgan fingerprint density at radius 2 is 1.70 bits per heavy atom. The minimum Gasteiger partial charge on any atom is -0.462 e. The second-order valence-electron chi connectivity index (χ2n) is 10.7. The molecule has 0 radical (unpaired) electrons. The van der Waals surface area contributed by atoms with Crippen LogP contribution in [0.5, 0.6) is 0 Å². The molecule has 5 rings (SSSR count). The molecule has 10 heteroatoms. The zero-order valence-electron chi connectivity index (χ0n) is 25.7. The highest BCUT2D eigenvalue weighted by molar-refractivity contribution is 8.00. The molecule has 3 N–H and O–H groups in total. The number of carbonyl (C=O) groups excluding carboxylic acids is 4. The largest absolute Gasteiger partial charge is 0.462 e. The molecule has 0 fully saturated rings. The molecule has 0 atom stereocenters. The number of fused-ring (bicyclic) bond motifs is 1. The van der Waals surface area contributed by atoms with E-state index in [0.717, 1.165) is 52.1 Å². The molecular formula is C36H35N3O5S2. The van der Waals surface area contributed by atoms with Crippen molar-refractivity contribution in [3.63, 3.8) is 0 Å². The maximum absolute atomic E-state index is 13.5. The van der Waals surface area contributed by atoms with E-state index in [4.69, 9.17) is 4.74 Å². The second kappa shape index (κ2) is 15.6. The third kappa shape index (κ3) is 8.52. The Morgan fingerprint density at radius 1 is 0.913 bits per heavy atom. The van der Waals surface area contributed by atoms with Crippen molar-refractivity contribution < 1.29 is 23.9 Å². The summed E-state index contributed by atoms with van der Waals surface area (Å²) in [6.07, 6.45) is 5.41. The van der Waals surface area contributed by atoms with Gasteiger partial charge in [0.25, 0.3) is 11.8 Å². The molecule has 4 aromatic rings. The van der Waals surface area contributed by atoms with Crippen molar-refractivity contribution in [2.45, 2.75) is 44.4 Å². The predicted molar refractivity (Wildman–Crippen MR) is 184 cm³/mol. The maximum atomic E-state index is 13.5. The van der Waals surface area contributed by atoms with Crippen molar-refractivity contribution in [2.24, 2.45) is 0 Å². The average molecular weight is 654 g/mol. The van der Waals surface area contributed by atoms with Gasteiger partial charge in [-0.1, -0.05) is 54.1 Å². The Hall–Kier alpha value is -4.67. The zero-order chi connectivity index (χ0) is 32.5. The topological polar surface area (TPSA) is 114 Å². The fraction of sp³-hybridized carbons (Fsp3) is 0.222. The van der Waals surface area contributed by atoms with Gasteiger partial charge in [0.1, 0.15) is 10.7 Å². The summed E-state index contributed by atoms with van der Waals surface area (Å²) < 4.78 is 5.30. The molecule has 0 aliphatic heterocycles. The number of thiophene rings is 1. The minimum atomic E-state index is -0.487. The van der Waals surface area contributed by atoms with Gasteiger partial charge < -0.3 is 20.7 Å². The van der Waals surface area contributed by atoms with Gasteiger partial charge in [0, 0.05) is 21.0 Å². The Kier molecular flexibility index (Phi) is 11.1. The highest BCUT2D eigenvalue weighted by Gasteiger charge is 2.27. The Bertz CT molecular complexity index is 1780. The van der Waals surface area contributed by atoms with Crippen molar-refractivity contribution in [2.75, 3.05) is 23.0 Å². The highest BCUT2D eigenvalue weighted by atomic mass is 32.2. The van der Waals surface area contributed by atoms with Crippen LogP contribution in [0.3, 0.4) is 0 Å². The van der Waals surface area contributed by atoms with Gasteiger partial charge in [-0.3, -0.25) is 14.4 Å². The summed E-state index contributed by atoms with van der Waals surface area (Å²) in [5.74, 6) is -1.42. The van der Waals surface area contributed by atoms with Gasteiger partial charge >= 0.3 is 5.97 Å². The summed E-state index contributed by atoms with van der Waals surface area (Å²) in [5.41, 5.74) is 4.30. The third-order valence-corrected chi connectivity index (χ3v) is 9.45. The van der Waals surface area contributed by atoms with E-state index in [2.05, 4.69) is 16.0 Å². The van der Waals surface area contributed by atoms with Crippen LogP contribution in [0.25, 0.3) is 6.08 Å². The molecule has 3 amide bonds. The van der Waals surface area contributed by atoms with Crippen molar-refractivity contribution in [3.8, 4) is 0 Å². The van der Waals surface area contributed by atoms with E-state index in [1.807, 2.05) is 43.3 Å². The molecule has 0 spiro atoms. The molecule has 0 saturated heterocycles. The molecule has 1 aliphatic rings. The van der Waals surface area contributed by atoms with E-state index in [0.29, 0.717) is 21.8 Å². The van der Waals surface area contributed by atoms with Crippen molar-refractivity contribution >= 4 is 63.6 Å². The molecule has 8 nitrogen and oxygen atoms in total. The molecule has 0 saturated carbocycles. The van der Waals surface area contributed by atoms with E-state index in [-0.39, 0.29) is 24.0 Å². The molecule has 1 aliphatic carbocycles. The van der Waals surface area contributed by atoms with Gasteiger partial charge in [-0.15, -0.1) is 23.1 Å². The number of nitrogens with one attached hydrogen (secondary N) is 3. The summed E-state index contributed by atoms with van der Waals surface area (Å²) in [6, 6.07) is 23.5. The van der Waals surface area contributed by atoms with Crippen LogP contribution in [0.4, 0.5) is 10.7 Å². The molecule has 1 aromatic heterocycles. The van der Waals surface area contributed by atoms with Gasteiger partial charge in [0.15, 0.2) is 0 Å². The number of anilines is 2. The van der Waals surface area contributed by atoms with Crippen LogP contribution in [0, 0.1) is 6.92 Å². The van der Waals surface area contributed by atoms with E-state index < -0.39 is 17.8 Å². The van der Waals surface area contributed by atoms with Crippen molar-refractivity contribution in [3.05, 3.63) is 117 Å². The predicted octanol–water partition coefficient (Wildman–Crippen LogP) is 7.25. The molecule has 0 bridgehead atoms. The number of hydrogen-bond acceptors (Lipinski definition) is 7. The number of carbonyl (C=O) groups is 4. The number of esters is 1. The molecule has 1 heterocycles.